The van der Waals surface area contributed by atoms with Crippen LogP contribution in [0.25, 0.3) is 0 Å². The molecule has 0 N–H and O–H groups in total. The van der Waals surface area contributed by atoms with Gasteiger partial charge in [-0.1, -0.05) is 23.8 Å². The number of nitrogens with zero attached hydrogens (tertiary/aromatic N) is 2. The van der Waals surface area contributed by atoms with Crippen LogP contribution >= 0.6 is 0 Å². The molecule has 98 valence electrons. The van der Waals surface area contributed by atoms with E-state index in [9.17, 15) is 15.2 Å². The Morgan fingerprint density at radius 1 is 1.25 bits per heavy atom. The molecule has 0 radical (unpaired) electrons. The largest absolute Gasteiger partial charge is 0.872 e. The average molecular weight is 265 g/mol. The van der Waals surface area contributed by atoms with Crippen molar-refractivity contribution in [2.75, 3.05) is 0 Å². The van der Waals surface area contributed by atoms with E-state index < -0.39 is 4.92 Å². The molecule has 0 unspecified atom stereocenters. The molecule has 5 nitrogen and oxygen atoms in total. The topological polar surface area (TPSA) is 78.6 Å². The summed E-state index contributed by atoms with van der Waals surface area (Å²) in [5, 5.41) is 22.3. The van der Waals surface area contributed by atoms with Gasteiger partial charge in [-0.2, -0.15) is 0 Å². The number of nitro groups is 1. The van der Waals surface area contributed by atoms with Gasteiger partial charge in [0.15, 0.2) is 0 Å². The normalized spacial score (nSPS) is 10.3. The minimum Gasteiger partial charge on any atom is -0.872 e. The van der Waals surface area contributed by atoms with Crippen molar-refractivity contribution in [1.82, 2.24) is 0 Å². The number of rotatable bonds is 3. The highest BCUT2D eigenvalue weighted by molar-refractivity contribution is 5.86. The number of hydrogen-bond donors (Lipinski definition) is 0. The molecular formula is C15H9N2O3-. The van der Waals surface area contributed by atoms with Crippen LogP contribution in [0.1, 0.15) is 11.1 Å². The van der Waals surface area contributed by atoms with Gasteiger partial charge >= 0.3 is 0 Å². The number of aliphatic imine (C=N–C) groups is 1. The molecule has 0 spiro atoms. The highest BCUT2D eigenvalue weighted by Crippen LogP contribution is 2.20. The molecule has 0 heterocycles. The molecule has 0 atom stereocenters. The lowest BCUT2D eigenvalue weighted by Crippen LogP contribution is -1.98. The van der Waals surface area contributed by atoms with Crippen LogP contribution in [-0.4, -0.2) is 11.1 Å². The number of non-ortho nitro benzene ring substituents is 1. The molecule has 20 heavy (non-hydrogen) atoms. The minimum atomic E-state index is -0.560. The summed E-state index contributed by atoms with van der Waals surface area (Å²) in [6, 6.07) is 10.4. The summed E-state index contributed by atoms with van der Waals surface area (Å²) in [6.07, 6.45) is 6.57. The van der Waals surface area contributed by atoms with E-state index in [0.29, 0.717) is 11.3 Å². The zero-order valence-corrected chi connectivity index (χ0v) is 10.3. The van der Waals surface area contributed by atoms with Crippen molar-refractivity contribution in [3.8, 4) is 18.1 Å². The highest BCUT2D eigenvalue weighted by Gasteiger charge is 2.05. The lowest BCUT2D eigenvalue weighted by Gasteiger charge is -2.08. The molecule has 0 bridgehead atoms. The second-order valence-corrected chi connectivity index (χ2v) is 3.93. The lowest BCUT2D eigenvalue weighted by molar-refractivity contribution is -0.385. The third kappa shape index (κ3) is 3.00. The molecular weight excluding hydrogens is 256 g/mol. The number of nitro benzene ring substituents is 1. The predicted molar refractivity (Wildman–Crippen MR) is 74.2 cm³/mol. The second kappa shape index (κ2) is 5.67. The first-order valence-electron chi connectivity index (χ1n) is 5.66. The van der Waals surface area contributed by atoms with Gasteiger partial charge in [0.1, 0.15) is 0 Å². The Morgan fingerprint density at radius 2 is 2.05 bits per heavy atom. The van der Waals surface area contributed by atoms with Gasteiger partial charge in [-0.3, -0.25) is 15.1 Å². The third-order valence-electron chi connectivity index (χ3n) is 2.57. The van der Waals surface area contributed by atoms with Gasteiger partial charge in [0.25, 0.3) is 5.69 Å². The summed E-state index contributed by atoms with van der Waals surface area (Å²) in [5.74, 6) is 2.15. The van der Waals surface area contributed by atoms with Crippen molar-refractivity contribution >= 4 is 17.6 Å². The number of hydrogen-bond acceptors (Lipinski definition) is 4. The van der Waals surface area contributed by atoms with Crippen molar-refractivity contribution in [3.63, 3.8) is 0 Å². The maximum atomic E-state index is 11.6. The second-order valence-electron chi connectivity index (χ2n) is 3.93. The first-order valence-corrected chi connectivity index (χ1v) is 5.66. The molecule has 0 aliphatic carbocycles. The Hall–Kier alpha value is -3.13. The average Bonchev–Trinajstić information content (AvgIpc) is 2.46. The molecule has 5 heteroatoms. The highest BCUT2D eigenvalue weighted by atomic mass is 16.6. The maximum Gasteiger partial charge on any atom is 0.270 e. The van der Waals surface area contributed by atoms with Crippen molar-refractivity contribution in [3.05, 3.63) is 63.7 Å². The Kier molecular flexibility index (Phi) is 3.77. The summed E-state index contributed by atoms with van der Waals surface area (Å²) in [6.45, 7) is 0. The smallest absolute Gasteiger partial charge is 0.270 e. The van der Waals surface area contributed by atoms with E-state index in [0.717, 1.165) is 6.07 Å². The van der Waals surface area contributed by atoms with E-state index in [-0.39, 0.29) is 17.0 Å². The molecule has 0 aromatic heterocycles. The zero-order valence-electron chi connectivity index (χ0n) is 10.3. The van der Waals surface area contributed by atoms with Gasteiger partial charge in [-0.15, -0.1) is 6.42 Å². The number of terminal acetylenes is 1. The molecule has 0 saturated carbocycles. The predicted octanol–water partition coefficient (Wildman–Crippen LogP) is 2.40. The Labute approximate surface area is 115 Å². The molecule has 0 amide bonds. The monoisotopic (exact) mass is 265 g/mol. The lowest BCUT2D eigenvalue weighted by atomic mass is 10.2. The van der Waals surface area contributed by atoms with Crippen LogP contribution in [0.2, 0.25) is 0 Å². The van der Waals surface area contributed by atoms with Gasteiger partial charge in [0.2, 0.25) is 0 Å². The van der Waals surface area contributed by atoms with E-state index >= 15 is 0 Å². The van der Waals surface area contributed by atoms with E-state index in [1.807, 2.05) is 0 Å². The molecule has 0 aliphatic heterocycles. The molecule has 0 fully saturated rings. The summed E-state index contributed by atoms with van der Waals surface area (Å²) in [7, 11) is 0. The van der Waals surface area contributed by atoms with Crippen molar-refractivity contribution in [2.24, 2.45) is 4.99 Å². The molecule has 2 aromatic carbocycles. The maximum absolute atomic E-state index is 11.6. The van der Waals surface area contributed by atoms with Crippen LogP contribution in [0.4, 0.5) is 11.4 Å². The zero-order chi connectivity index (χ0) is 14.5. The summed E-state index contributed by atoms with van der Waals surface area (Å²) < 4.78 is 0. The van der Waals surface area contributed by atoms with Gasteiger partial charge in [-0.05, 0) is 23.8 Å². The Morgan fingerprint density at radius 3 is 2.75 bits per heavy atom. The summed E-state index contributed by atoms with van der Waals surface area (Å²) in [4.78, 5) is 14.2. The van der Waals surface area contributed by atoms with E-state index in [1.165, 1.54) is 18.3 Å². The quantitative estimate of drug-likeness (QED) is 0.370. The van der Waals surface area contributed by atoms with Crippen LogP contribution in [0, 0.1) is 22.5 Å². The van der Waals surface area contributed by atoms with Gasteiger partial charge in [0.05, 0.1) is 10.6 Å². The van der Waals surface area contributed by atoms with E-state index in [2.05, 4.69) is 10.9 Å². The molecule has 0 saturated heterocycles. The van der Waals surface area contributed by atoms with Crippen LogP contribution in [0.3, 0.4) is 0 Å². The van der Waals surface area contributed by atoms with Gasteiger partial charge < -0.3 is 5.11 Å². The molecule has 2 rings (SSSR count). The van der Waals surface area contributed by atoms with Crippen molar-refractivity contribution < 1.29 is 10.0 Å². The number of benzene rings is 2. The Balaban J connectivity index is 2.33. The fourth-order valence-electron chi connectivity index (χ4n) is 1.57. The fourth-order valence-corrected chi connectivity index (χ4v) is 1.57. The van der Waals surface area contributed by atoms with Gasteiger partial charge in [0, 0.05) is 23.9 Å². The Bertz CT molecular complexity index is 730. The summed E-state index contributed by atoms with van der Waals surface area (Å²) >= 11 is 0. The first-order chi connectivity index (χ1) is 9.60. The van der Waals surface area contributed by atoms with Crippen molar-refractivity contribution in [1.29, 1.82) is 0 Å². The van der Waals surface area contributed by atoms with Crippen LogP contribution < -0.4 is 5.11 Å². The minimum absolute atomic E-state index is 0.150. The van der Waals surface area contributed by atoms with Crippen LogP contribution in [-0.2, 0) is 0 Å². The van der Waals surface area contributed by atoms with Crippen LogP contribution in [0.15, 0.2) is 47.5 Å². The van der Waals surface area contributed by atoms with Gasteiger partial charge in [-0.25, -0.2) is 0 Å². The molecule has 2 aromatic rings. The van der Waals surface area contributed by atoms with E-state index in [1.54, 1.807) is 24.3 Å². The van der Waals surface area contributed by atoms with Crippen LogP contribution in [0.5, 0.6) is 5.75 Å². The summed E-state index contributed by atoms with van der Waals surface area (Å²) in [5.41, 5.74) is 1.25. The standard InChI is InChI=1S/C15H10N2O3/c1-2-11-4-3-5-13(8-11)16-10-12-9-14(17(19)20)6-7-15(12)18/h1,3-10,18H/p-1. The SMILES string of the molecule is C#Cc1cccc(N=Cc2cc([N+](=O)[O-])ccc2[O-])c1. The van der Waals surface area contributed by atoms with E-state index in [4.69, 9.17) is 6.42 Å². The first kappa shape index (κ1) is 13.3. The molecule has 0 aliphatic rings. The fraction of sp³-hybridized carbons (Fsp3) is 0. The third-order valence-corrected chi connectivity index (χ3v) is 2.57. The van der Waals surface area contributed by atoms with Crippen molar-refractivity contribution in [2.45, 2.75) is 0 Å².